The number of rotatable bonds is 7. The van der Waals surface area contributed by atoms with Gasteiger partial charge < -0.3 is 14.9 Å². The van der Waals surface area contributed by atoms with Crippen molar-refractivity contribution < 1.29 is 9.63 Å². The second-order valence-electron chi connectivity index (χ2n) is 8.42. The van der Waals surface area contributed by atoms with Gasteiger partial charge in [-0.2, -0.15) is 5.10 Å². The van der Waals surface area contributed by atoms with Gasteiger partial charge in [-0.05, 0) is 63.1 Å². The summed E-state index contributed by atoms with van der Waals surface area (Å²) in [5.74, 6) is 1.50. The van der Waals surface area contributed by atoms with E-state index < -0.39 is 0 Å². The van der Waals surface area contributed by atoms with Gasteiger partial charge in [-0.25, -0.2) is 14.6 Å². The smallest absolute Gasteiger partial charge is 0.143 e. The minimum atomic E-state index is -0.00299. The molecule has 9 heteroatoms. The lowest BCUT2D eigenvalue weighted by molar-refractivity contribution is 0.299. The van der Waals surface area contributed by atoms with Crippen LogP contribution in [0.25, 0.3) is 27.5 Å². The number of aliphatic hydroxyl groups excluding tert-OH is 1. The molecule has 0 amide bonds. The van der Waals surface area contributed by atoms with Crippen LogP contribution in [-0.2, 0) is 6.42 Å². The predicted molar refractivity (Wildman–Crippen MR) is 137 cm³/mol. The molecule has 0 atom stereocenters. The number of thiazole rings is 1. The Morgan fingerprint density at radius 1 is 1.11 bits per heavy atom. The summed E-state index contributed by atoms with van der Waals surface area (Å²) in [5, 5.41) is 25.0. The predicted octanol–water partition coefficient (Wildman–Crippen LogP) is 5.56. The zero-order valence-corrected chi connectivity index (χ0v) is 20.8. The molecule has 8 nitrogen and oxygen atoms in total. The lowest BCUT2D eigenvalue weighted by Gasteiger charge is -2.18. The maximum atomic E-state index is 9.85. The van der Waals surface area contributed by atoms with E-state index in [1.807, 2.05) is 55.2 Å². The van der Waals surface area contributed by atoms with Crippen LogP contribution in [0.5, 0.6) is 0 Å². The van der Waals surface area contributed by atoms with E-state index in [-0.39, 0.29) is 6.61 Å². The molecule has 5 aromatic rings. The van der Waals surface area contributed by atoms with Crippen molar-refractivity contribution >= 4 is 22.8 Å². The molecule has 0 saturated heterocycles. The number of nitrogens with zero attached hydrogens (tertiary/aromatic N) is 5. The summed E-state index contributed by atoms with van der Waals surface area (Å²) in [6, 6.07) is 10.1. The van der Waals surface area contributed by atoms with E-state index in [0.717, 1.165) is 61.5 Å². The minimum Gasteiger partial charge on any atom is -0.396 e. The first-order valence-electron chi connectivity index (χ1n) is 11.3. The number of hydrogen-bond donors (Lipinski definition) is 2. The Morgan fingerprint density at radius 2 is 1.97 bits per heavy atom. The van der Waals surface area contributed by atoms with Gasteiger partial charge in [0.05, 0.1) is 11.4 Å². The molecule has 0 radical (unpaired) electrons. The topological polar surface area (TPSA) is 102 Å². The summed E-state index contributed by atoms with van der Waals surface area (Å²) in [6.07, 6.45) is 4.13. The summed E-state index contributed by atoms with van der Waals surface area (Å²) in [6.45, 7) is 7.88. The molecular weight excluding hydrogens is 460 g/mol. The molecule has 0 fully saturated rings. The molecule has 5 rings (SSSR count). The monoisotopic (exact) mass is 486 g/mol. The molecule has 0 bridgehead atoms. The molecule has 0 spiro atoms. The lowest BCUT2D eigenvalue weighted by atomic mass is 10.0. The molecule has 2 N–H and O–H groups in total. The fourth-order valence-corrected chi connectivity index (χ4v) is 4.85. The van der Waals surface area contributed by atoms with E-state index >= 15 is 0 Å². The van der Waals surface area contributed by atoms with Gasteiger partial charge in [0, 0.05) is 53.3 Å². The Labute approximate surface area is 207 Å². The average Bonchev–Trinajstić information content (AvgIpc) is 3.58. The van der Waals surface area contributed by atoms with Crippen LogP contribution in [0.2, 0.25) is 0 Å². The Kier molecular flexibility index (Phi) is 6.19. The van der Waals surface area contributed by atoms with Crippen molar-refractivity contribution in [2.75, 3.05) is 11.9 Å². The number of benzene rings is 1. The van der Waals surface area contributed by atoms with Gasteiger partial charge in [0.25, 0.3) is 0 Å². The quantitative estimate of drug-likeness (QED) is 0.311. The highest BCUT2D eigenvalue weighted by molar-refractivity contribution is 7.13. The van der Waals surface area contributed by atoms with Crippen LogP contribution in [0.4, 0.5) is 11.5 Å². The molecule has 0 saturated carbocycles. The van der Waals surface area contributed by atoms with Crippen molar-refractivity contribution in [1.82, 2.24) is 24.9 Å². The first kappa shape index (κ1) is 22.9. The number of anilines is 2. The van der Waals surface area contributed by atoms with Gasteiger partial charge in [0.1, 0.15) is 22.3 Å². The van der Waals surface area contributed by atoms with Crippen molar-refractivity contribution in [1.29, 1.82) is 0 Å². The number of aromatic nitrogens is 5. The maximum Gasteiger partial charge on any atom is 0.143 e. The van der Waals surface area contributed by atoms with Crippen LogP contribution < -0.4 is 5.32 Å². The first-order chi connectivity index (χ1) is 16.9. The lowest BCUT2D eigenvalue weighted by Crippen LogP contribution is -2.10. The summed E-state index contributed by atoms with van der Waals surface area (Å²) in [4.78, 5) is 9.13. The molecule has 4 aromatic heterocycles. The number of pyridine rings is 1. The highest BCUT2D eigenvalue weighted by atomic mass is 32.1. The third-order valence-electron chi connectivity index (χ3n) is 5.88. The Bertz CT molecular complexity index is 1470. The number of hydrogen-bond acceptors (Lipinski definition) is 8. The van der Waals surface area contributed by atoms with Gasteiger partial charge in [-0.15, -0.1) is 11.3 Å². The molecule has 1 aromatic carbocycles. The number of nitrogens with one attached hydrogen (secondary N) is 1. The van der Waals surface area contributed by atoms with E-state index in [1.54, 1.807) is 17.5 Å². The highest BCUT2D eigenvalue weighted by Gasteiger charge is 2.17. The Hall–Kier alpha value is -3.82. The summed E-state index contributed by atoms with van der Waals surface area (Å²) < 4.78 is 7.17. The first-order valence-corrected chi connectivity index (χ1v) is 12.2. The largest absolute Gasteiger partial charge is 0.396 e. The summed E-state index contributed by atoms with van der Waals surface area (Å²) in [5.41, 5.74) is 8.37. The van der Waals surface area contributed by atoms with E-state index in [2.05, 4.69) is 34.5 Å². The van der Waals surface area contributed by atoms with E-state index in [0.29, 0.717) is 12.2 Å². The van der Waals surface area contributed by atoms with Crippen LogP contribution in [0.3, 0.4) is 0 Å². The second kappa shape index (κ2) is 9.44. The fraction of sp³-hybridized carbons (Fsp3) is 0.231. The zero-order chi connectivity index (χ0) is 24.5. The molecule has 0 aliphatic heterocycles. The summed E-state index contributed by atoms with van der Waals surface area (Å²) in [7, 11) is 0. The van der Waals surface area contributed by atoms with Gasteiger partial charge in [-0.3, -0.25) is 0 Å². The van der Waals surface area contributed by atoms with Crippen LogP contribution in [0.15, 0.2) is 52.6 Å². The Balaban J connectivity index is 1.53. The third kappa shape index (κ3) is 4.48. The van der Waals surface area contributed by atoms with Crippen molar-refractivity contribution in [3.63, 3.8) is 0 Å². The van der Waals surface area contributed by atoms with Crippen LogP contribution >= 0.6 is 11.3 Å². The molecule has 0 unspecified atom stereocenters. The van der Waals surface area contributed by atoms with Crippen molar-refractivity contribution in [3.05, 3.63) is 76.4 Å². The molecule has 35 heavy (non-hydrogen) atoms. The van der Waals surface area contributed by atoms with Gasteiger partial charge in [0.15, 0.2) is 0 Å². The number of aliphatic hydroxyl groups is 1. The highest BCUT2D eigenvalue weighted by Crippen LogP contribution is 2.33. The maximum absolute atomic E-state index is 9.85. The Morgan fingerprint density at radius 3 is 2.66 bits per heavy atom. The van der Waals surface area contributed by atoms with Gasteiger partial charge in [-0.1, -0.05) is 11.2 Å². The minimum absolute atomic E-state index is 0.00299. The van der Waals surface area contributed by atoms with Gasteiger partial charge in [0.2, 0.25) is 0 Å². The molecule has 0 aliphatic carbocycles. The second-order valence-corrected chi connectivity index (χ2v) is 9.31. The zero-order valence-electron chi connectivity index (χ0n) is 20.0. The van der Waals surface area contributed by atoms with Gasteiger partial charge >= 0.3 is 0 Å². The number of aryl methyl sites for hydroxylation is 4. The molecule has 4 heterocycles. The van der Waals surface area contributed by atoms with Crippen molar-refractivity contribution in [2.24, 2.45) is 0 Å². The summed E-state index contributed by atoms with van der Waals surface area (Å²) >= 11 is 1.55. The average molecular weight is 487 g/mol. The van der Waals surface area contributed by atoms with E-state index in [4.69, 9.17) is 14.6 Å². The van der Waals surface area contributed by atoms with Crippen molar-refractivity contribution in [3.8, 4) is 27.5 Å². The normalized spacial score (nSPS) is 11.2. The van der Waals surface area contributed by atoms with Crippen molar-refractivity contribution in [2.45, 2.75) is 34.1 Å². The molecule has 178 valence electrons. The SMILES string of the molecule is Cc1cc(-n2ccc(-c3nccs3)n2)c(CCO)c(Nc2ccc(-c3c(C)noc3C)cc2C)n1. The third-order valence-corrected chi connectivity index (χ3v) is 6.68. The standard InChI is InChI=1S/C26H26N6O2S/c1-15-13-19(24-17(3)31-34-18(24)4)5-6-21(15)29-25-20(8-11-33)23(14-16(2)28-25)32-10-7-22(30-32)26-27-9-12-35-26/h5-7,9-10,12-14,33H,8,11H2,1-4H3,(H,28,29). The molecular formula is C26H26N6O2S. The van der Waals surface area contributed by atoms with E-state index in [9.17, 15) is 5.11 Å². The molecule has 0 aliphatic rings. The van der Waals surface area contributed by atoms with E-state index in [1.165, 1.54) is 0 Å². The van der Waals surface area contributed by atoms with Crippen LogP contribution in [-0.4, -0.2) is 36.6 Å². The van der Waals surface area contributed by atoms with Crippen LogP contribution in [0.1, 0.15) is 28.3 Å². The van der Waals surface area contributed by atoms with Crippen LogP contribution in [0, 0.1) is 27.7 Å². The fourth-order valence-electron chi connectivity index (χ4n) is 4.25.